The van der Waals surface area contributed by atoms with Crippen molar-refractivity contribution in [1.29, 1.82) is 0 Å². The van der Waals surface area contributed by atoms with Crippen LogP contribution in [0.1, 0.15) is 23.8 Å². The summed E-state index contributed by atoms with van der Waals surface area (Å²) < 4.78 is 0. The van der Waals surface area contributed by atoms with E-state index in [0.717, 1.165) is 4.88 Å². The van der Waals surface area contributed by atoms with Crippen molar-refractivity contribution in [3.8, 4) is 0 Å². The third-order valence-electron chi connectivity index (χ3n) is 1.90. The van der Waals surface area contributed by atoms with Crippen LogP contribution in [0.15, 0.2) is 17.5 Å². The van der Waals surface area contributed by atoms with E-state index < -0.39 is 0 Å². The van der Waals surface area contributed by atoms with E-state index in [1.165, 1.54) is 12.8 Å². The topological polar surface area (TPSA) is 20.2 Å². The highest BCUT2D eigenvalue weighted by Gasteiger charge is 2.30. The van der Waals surface area contributed by atoms with Crippen molar-refractivity contribution in [2.24, 2.45) is 5.92 Å². The number of hydrogen-bond donors (Lipinski definition) is 1. The van der Waals surface area contributed by atoms with Gasteiger partial charge in [0.2, 0.25) is 0 Å². The van der Waals surface area contributed by atoms with Gasteiger partial charge < -0.3 is 5.11 Å². The lowest BCUT2D eigenvalue weighted by molar-refractivity contribution is 0.157. The molecule has 1 unspecified atom stereocenters. The molecule has 1 fully saturated rings. The van der Waals surface area contributed by atoms with E-state index in [1.807, 2.05) is 17.5 Å². The van der Waals surface area contributed by atoms with Gasteiger partial charge in [0.05, 0.1) is 6.10 Å². The molecule has 2 heteroatoms. The Kier molecular flexibility index (Phi) is 1.51. The monoisotopic (exact) mass is 154 g/mol. The second-order valence-corrected chi connectivity index (χ2v) is 3.78. The van der Waals surface area contributed by atoms with E-state index in [2.05, 4.69) is 0 Å². The molecule has 1 atom stereocenters. The van der Waals surface area contributed by atoms with E-state index in [0.29, 0.717) is 5.92 Å². The zero-order valence-corrected chi connectivity index (χ0v) is 6.47. The van der Waals surface area contributed by atoms with Crippen LogP contribution in [-0.4, -0.2) is 5.11 Å². The summed E-state index contributed by atoms with van der Waals surface area (Å²) in [6.07, 6.45) is 2.25. The Labute approximate surface area is 64.3 Å². The average Bonchev–Trinajstić information content (AvgIpc) is 2.65. The van der Waals surface area contributed by atoms with Crippen molar-refractivity contribution in [2.75, 3.05) is 0 Å². The van der Waals surface area contributed by atoms with Gasteiger partial charge in [0.25, 0.3) is 0 Å². The first-order chi connectivity index (χ1) is 4.88. The highest BCUT2D eigenvalue weighted by molar-refractivity contribution is 7.10. The van der Waals surface area contributed by atoms with Crippen LogP contribution >= 0.6 is 11.3 Å². The van der Waals surface area contributed by atoms with Gasteiger partial charge in [0, 0.05) is 4.88 Å². The number of rotatable bonds is 2. The summed E-state index contributed by atoms with van der Waals surface area (Å²) in [7, 11) is 0. The zero-order chi connectivity index (χ0) is 6.97. The number of aliphatic hydroxyl groups excluding tert-OH is 1. The molecule has 0 aromatic carbocycles. The number of aliphatic hydroxyl groups is 1. The molecule has 1 aromatic heterocycles. The smallest absolute Gasteiger partial charge is 0.0909 e. The van der Waals surface area contributed by atoms with Crippen LogP contribution in [0.4, 0.5) is 0 Å². The van der Waals surface area contributed by atoms with Gasteiger partial charge in [-0.1, -0.05) is 6.07 Å². The Morgan fingerprint density at radius 3 is 2.90 bits per heavy atom. The first-order valence-corrected chi connectivity index (χ1v) is 4.47. The molecule has 0 saturated heterocycles. The minimum absolute atomic E-state index is 0.167. The number of hydrogen-bond acceptors (Lipinski definition) is 2. The molecular weight excluding hydrogens is 144 g/mol. The fourth-order valence-electron chi connectivity index (χ4n) is 1.10. The van der Waals surface area contributed by atoms with Gasteiger partial charge in [0.15, 0.2) is 0 Å². The van der Waals surface area contributed by atoms with Crippen molar-refractivity contribution >= 4 is 11.3 Å². The zero-order valence-electron chi connectivity index (χ0n) is 5.66. The van der Waals surface area contributed by atoms with E-state index >= 15 is 0 Å². The fourth-order valence-corrected chi connectivity index (χ4v) is 1.91. The second-order valence-electron chi connectivity index (χ2n) is 2.80. The lowest BCUT2D eigenvalue weighted by Crippen LogP contribution is -1.95. The van der Waals surface area contributed by atoms with Gasteiger partial charge in [-0.2, -0.15) is 0 Å². The molecule has 1 heterocycles. The molecule has 54 valence electrons. The number of thiophene rings is 1. The lowest BCUT2D eigenvalue weighted by Gasteiger charge is -2.03. The van der Waals surface area contributed by atoms with Crippen molar-refractivity contribution in [3.63, 3.8) is 0 Å². The molecule has 0 aliphatic heterocycles. The summed E-state index contributed by atoms with van der Waals surface area (Å²) in [5.41, 5.74) is 0. The molecule has 10 heavy (non-hydrogen) atoms. The standard InChI is InChI=1S/C8H10OS/c9-8(6-3-4-6)7-2-1-5-10-7/h1-2,5-6,8-9H,3-4H2. The second kappa shape index (κ2) is 2.36. The van der Waals surface area contributed by atoms with Crippen molar-refractivity contribution in [3.05, 3.63) is 22.4 Å². The summed E-state index contributed by atoms with van der Waals surface area (Å²) in [5, 5.41) is 11.6. The Morgan fingerprint density at radius 2 is 2.40 bits per heavy atom. The van der Waals surface area contributed by atoms with Crippen LogP contribution in [0.25, 0.3) is 0 Å². The average molecular weight is 154 g/mol. The van der Waals surface area contributed by atoms with Crippen molar-refractivity contribution < 1.29 is 5.11 Å². The quantitative estimate of drug-likeness (QED) is 0.692. The third-order valence-corrected chi connectivity index (χ3v) is 2.85. The molecule has 1 nitrogen and oxygen atoms in total. The maximum absolute atomic E-state index is 9.56. The van der Waals surface area contributed by atoms with Crippen LogP contribution in [0, 0.1) is 5.92 Å². The van der Waals surface area contributed by atoms with Crippen LogP contribution in [0.3, 0.4) is 0 Å². The molecular formula is C8H10OS. The minimum atomic E-state index is -0.167. The summed E-state index contributed by atoms with van der Waals surface area (Å²) in [4.78, 5) is 1.13. The Morgan fingerprint density at radius 1 is 1.60 bits per heavy atom. The summed E-state index contributed by atoms with van der Waals surface area (Å²) in [6, 6.07) is 4.00. The minimum Gasteiger partial charge on any atom is -0.387 e. The van der Waals surface area contributed by atoms with Crippen LogP contribution < -0.4 is 0 Å². The van der Waals surface area contributed by atoms with E-state index in [9.17, 15) is 5.11 Å². The molecule has 0 amide bonds. The van der Waals surface area contributed by atoms with Gasteiger partial charge in [-0.15, -0.1) is 11.3 Å². The van der Waals surface area contributed by atoms with Crippen molar-refractivity contribution in [2.45, 2.75) is 18.9 Å². The molecule has 0 bridgehead atoms. The van der Waals surface area contributed by atoms with Crippen LogP contribution in [-0.2, 0) is 0 Å². The van der Waals surface area contributed by atoms with Crippen LogP contribution in [0.2, 0.25) is 0 Å². The van der Waals surface area contributed by atoms with Gasteiger partial charge in [-0.3, -0.25) is 0 Å². The normalized spacial score (nSPS) is 20.9. The SMILES string of the molecule is OC(c1cccs1)C1CC1. The third kappa shape index (κ3) is 1.09. The molecule has 1 aromatic rings. The summed E-state index contributed by atoms with van der Waals surface area (Å²) in [5.74, 6) is 0.568. The molecule has 1 aliphatic carbocycles. The highest BCUT2D eigenvalue weighted by Crippen LogP contribution is 2.41. The maximum atomic E-state index is 9.56. The largest absolute Gasteiger partial charge is 0.387 e. The summed E-state index contributed by atoms with van der Waals surface area (Å²) >= 11 is 1.65. The van der Waals surface area contributed by atoms with Crippen LogP contribution in [0.5, 0.6) is 0 Å². The van der Waals surface area contributed by atoms with Crippen molar-refractivity contribution in [1.82, 2.24) is 0 Å². The Hall–Kier alpha value is -0.340. The molecule has 2 rings (SSSR count). The molecule has 1 aliphatic rings. The lowest BCUT2D eigenvalue weighted by atomic mass is 10.2. The van der Waals surface area contributed by atoms with Gasteiger partial charge in [-0.05, 0) is 30.2 Å². The van der Waals surface area contributed by atoms with E-state index in [1.54, 1.807) is 11.3 Å². The molecule has 0 spiro atoms. The predicted molar refractivity (Wildman–Crippen MR) is 42.0 cm³/mol. The van der Waals surface area contributed by atoms with Gasteiger partial charge in [0.1, 0.15) is 0 Å². The van der Waals surface area contributed by atoms with Gasteiger partial charge in [-0.25, -0.2) is 0 Å². The van der Waals surface area contributed by atoms with E-state index in [4.69, 9.17) is 0 Å². The fraction of sp³-hybridized carbons (Fsp3) is 0.500. The first-order valence-electron chi connectivity index (χ1n) is 3.59. The molecule has 1 N–H and O–H groups in total. The summed E-state index contributed by atoms with van der Waals surface area (Å²) in [6.45, 7) is 0. The first kappa shape index (κ1) is 6.38. The van der Waals surface area contributed by atoms with Gasteiger partial charge >= 0.3 is 0 Å². The highest BCUT2D eigenvalue weighted by atomic mass is 32.1. The maximum Gasteiger partial charge on any atom is 0.0909 e. The molecule has 1 saturated carbocycles. The Balaban J connectivity index is 2.11. The van der Waals surface area contributed by atoms with E-state index in [-0.39, 0.29) is 6.10 Å². The predicted octanol–water partition coefficient (Wildman–Crippen LogP) is 2.19. The Bertz CT molecular complexity index is 201. The molecule has 0 radical (unpaired) electrons.